The molecule has 6 N–H and O–H groups in total. The van der Waals surface area contributed by atoms with Crippen molar-refractivity contribution in [1.29, 1.82) is 0 Å². The van der Waals surface area contributed by atoms with Gasteiger partial charge in [0.25, 0.3) is 0 Å². The number of rotatable bonds is 8. The van der Waals surface area contributed by atoms with E-state index < -0.39 is 34.3 Å². The molecule has 0 saturated heterocycles. The van der Waals surface area contributed by atoms with Crippen LogP contribution in [0, 0.1) is 0 Å². The van der Waals surface area contributed by atoms with Crippen molar-refractivity contribution < 1.29 is 49.8 Å². The number of benzene rings is 4. The van der Waals surface area contributed by atoms with Gasteiger partial charge in [0, 0.05) is 49.7 Å². The van der Waals surface area contributed by atoms with Crippen molar-refractivity contribution in [1.82, 2.24) is 0 Å². The first-order valence-corrected chi connectivity index (χ1v) is 18.0. The van der Waals surface area contributed by atoms with Crippen LogP contribution in [-0.4, -0.2) is 54.1 Å². The highest BCUT2D eigenvalue weighted by Crippen LogP contribution is 2.41. The highest BCUT2D eigenvalue weighted by molar-refractivity contribution is 5.99. The number of aromatic hydroxyl groups is 4. The number of ketones is 2. The maximum absolute atomic E-state index is 13.4. The number of fused-ring (bicyclic) bond motifs is 8. The number of Topliss-reactive ketones (excluding diaryl/α,β-unsaturated/α-hetero) is 2. The molecule has 0 spiro atoms. The fraction of sp³-hybridized carbons (Fsp3) is 0.364. The van der Waals surface area contributed by atoms with Crippen LogP contribution >= 0.6 is 0 Å². The SMILES string of the molecule is CC(C)(C)c1cc2c(O)c(c1)Cc1cc(C(=O)CCC(=O)O)cc(c1O)Cc1cc(C(C)(C)C)cc(c1O)Cc1cc(C(=O)CCC(=O)O)cc(c1O)C2. The van der Waals surface area contributed by atoms with E-state index in [-0.39, 0.29) is 85.5 Å². The van der Waals surface area contributed by atoms with Crippen LogP contribution < -0.4 is 0 Å². The molecule has 10 nitrogen and oxygen atoms in total. The molecule has 284 valence electrons. The molecule has 0 radical (unpaired) electrons. The normalized spacial score (nSPS) is 13.0. The van der Waals surface area contributed by atoms with E-state index in [0.29, 0.717) is 44.5 Å². The van der Waals surface area contributed by atoms with E-state index in [1.165, 1.54) is 24.3 Å². The van der Waals surface area contributed by atoms with Crippen molar-refractivity contribution in [3.05, 3.63) is 115 Å². The van der Waals surface area contributed by atoms with Gasteiger partial charge in [-0.25, -0.2) is 0 Å². The summed E-state index contributed by atoms with van der Waals surface area (Å²) in [6, 6.07) is 13.3. The van der Waals surface area contributed by atoms with Gasteiger partial charge >= 0.3 is 11.9 Å². The third kappa shape index (κ3) is 8.76. The zero-order chi connectivity index (χ0) is 39.9. The third-order valence-corrected chi connectivity index (χ3v) is 10.1. The average molecular weight is 737 g/mol. The molecule has 0 heterocycles. The Balaban J connectivity index is 1.83. The van der Waals surface area contributed by atoms with Crippen LogP contribution in [0.2, 0.25) is 0 Å². The zero-order valence-electron chi connectivity index (χ0n) is 31.6. The minimum atomic E-state index is -1.12. The smallest absolute Gasteiger partial charge is 0.303 e. The molecule has 8 bridgehead atoms. The Labute approximate surface area is 314 Å². The summed E-state index contributed by atoms with van der Waals surface area (Å²) < 4.78 is 0. The van der Waals surface area contributed by atoms with Gasteiger partial charge in [0.1, 0.15) is 23.0 Å². The number of phenols is 4. The van der Waals surface area contributed by atoms with Crippen molar-refractivity contribution >= 4 is 23.5 Å². The minimum absolute atomic E-state index is 0.0220. The summed E-state index contributed by atoms with van der Waals surface area (Å²) in [6.45, 7) is 12.0. The highest BCUT2D eigenvalue weighted by Gasteiger charge is 2.26. The second kappa shape index (κ2) is 15.0. The lowest BCUT2D eigenvalue weighted by atomic mass is 9.81. The Morgan fingerprint density at radius 1 is 0.426 bits per heavy atom. The molecule has 4 aromatic carbocycles. The quantitative estimate of drug-likeness (QED) is 0.0855. The van der Waals surface area contributed by atoms with Gasteiger partial charge in [0.15, 0.2) is 11.6 Å². The van der Waals surface area contributed by atoms with Gasteiger partial charge in [-0.3, -0.25) is 19.2 Å². The molecule has 0 amide bonds. The monoisotopic (exact) mass is 736 g/mol. The Bertz CT molecular complexity index is 1930. The topological polar surface area (TPSA) is 190 Å². The maximum Gasteiger partial charge on any atom is 0.303 e. The summed E-state index contributed by atoms with van der Waals surface area (Å²) in [5, 5.41) is 65.8. The van der Waals surface area contributed by atoms with E-state index in [4.69, 9.17) is 0 Å². The first-order chi connectivity index (χ1) is 25.1. The van der Waals surface area contributed by atoms with E-state index in [1.54, 1.807) is 0 Å². The number of carbonyl (C=O) groups is 4. The number of hydrogen-bond donors (Lipinski definition) is 6. The van der Waals surface area contributed by atoms with Gasteiger partial charge in [-0.1, -0.05) is 65.8 Å². The van der Waals surface area contributed by atoms with Crippen LogP contribution in [0.4, 0.5) is 0 Å². The molecule has 0 atom stereocenters. The van der Waals surface area contributed by atoms with Crippen molar-refractivity contribution in [3.8, 4) is 23.0 Å². The van der Waals surface area contributed by atoms with Gasteiger partial charge in [-0.05, 0) is 90.7 Å². The van der Waals surface area contributed by atoms with Crippen LogP contribution in [0.3, 0.4) is 0 Å². The predicted molar refractivity (Wildman–Crippen MR) is 203 cm³/mol. The molecule has 10 heteroatoms. The average Bonchev–Trinajstić information content (AvgIpc) is 3.07. The summed E-state index contributed by atoms with van der Waals surface area (Å²) in [5.74, 6) is -3.59. The van der Waals surface area contributed by atoms with Crippen molar-refractivity contribution in [2.75, 3.05) is 0 Å². The lowest BCUT2D eigenvalue weighted by Crippen LogP contribution is -2.14. The number of aliphatic carboxylic acids is 2. The first kappa shape index (κ1) is 39.6. The molecule has 0 aliphatic heterocycles. The fourth-order valence-electron chi connectivity index (χ4n) is 6.86. The molecular weight excluding hydrogens is 688 g/mol. The van der Waals surface area contributed by atoms with Crippen LogP contribution in [0.25, 0.3) is 0 Å². The van der Waals surface area contributed by atoms with E-state index in [0.717, 1.165) is 11.1 Å². The number of carboxylic acid groups (broad SMARTS) is 2. The summed E-state index contributed by atoms with van der Waals surface area (Å²) in [5.41, 5.74) is 4.19. The molecule has 0 aromatic heterocycles. The number of carboxylic acids is 2. The number of carbonyl (C=O) groups excluding carboxylic acids is 2. The van der Waals surface area contributed by atoms with Gasteiger partial charge in [-0.2, -0.15) is 0 Å². The molecule has 0 unspecified atom stereocenters. The van der Waals surface area contributed by atoms with Crippen LogP contribution in [0.15, 0.2) is 48.5 Å². The predicted octanol–water partition coefficient (Wildman–Crippen LogP) is 7.88. The molecule has 1 aliphatic carbocycles. The van der Waals surface area contributed by atoms with Crippen LogP contribution in [-0.2, 0) is 46.1 Å². The van der Waals surface area contributed by atoms with Crippen molar-refractivity contribution in [2.24, 2.45) is 0 Å². The Hall–Kier alpha value is -5.64. The van der Waals surface area contributed by atoms with Crippen LogP contribution in [0.5, 0.6) is 23.0 Å². The first-order valence-electron chi connectivity index (χ1n) is 18.0. The largest absolute Gasteiger partial charge is 0.507 e. The lowest BCUT2D eigenvalue weighted by molar-refractivity contribution is -0.137. The molecule has 1 aliphatic rings. The molecule has 0 fully saturated rings. The molecule has 4 aromatic rings. The third-order valence-electron chi connectivity index (χ3n) is 10.1. The fourth-order valence-corrected chi connectivity index (χ4v) is 6.86. The molecular formula is C44H48O10. The van der Waals surface area contributed by atoms with E-state index >= 15 is 0 Å². The molecule has 0 saturated carbocycles. The van der Waals surface area contributed by atoms with Gasteiger partial charge in [0.05, 0.1) is 12.8 Å². The van der Waals surface area contributed by atoms with Crippen molar-refractivity contribution in [3.63, 3.8) is 0 Å². The van der Waals surface area contributed by atoms with E-state index in [9.17, 15) is 49.8 Å². The minimum Gasteiger partial charge on any atom is -0.507 e. The summed E-state index contributed by atoms with van der Waals surface area (Å²) in [4.78, 5) is 49.4. The van der Waals surface area contributed by atoms with Gasteiger partial charge < -0.3 is 30.6 Å². The van der Waals surface area contributed by atoms with Crippen LogP contribution in [0.1, 0.15) is 144 Å². The molecule has 5 rings (SSSR count). The van der Waals surface area contributed by atoms with Crippen molar-refractivity contribution in [2.45, 2.75) is 104 Å². The summed E-state index contributed by atoms with van der Waals surface area (Å²) in [7, 11) is 0. The Morgan fingerprint density at radius 2 is 0.648 bits per heavy atom. The summed E-state index contributed by atoms with van der Waals surface area (Å²) >= 11 is 0. The summed E-state index contributed by atoms with van der Waals surface area (Å²) in [6.07, 6.45) is -1.36. The Kier molecular flexibility index (Phi) is 11.0. The highest BCUT2D eigenvalue weighted by atomic mass is 16.4. The Morgan fingerprint density at radius 3 is 0.852 bits per heavy atom. The maximum atomic E-state index is 13.4. The lowest BCUT2D eigenvalue weighted by Gasteiger charge is -2.25. The second-order valence-corrected chi connectivity index (χ2v) is 16.4. The zero-order valence-corrected chi connectivity index (χ0v) is 31.6. The molecule has 54 heavy (non-hydrogen) atoms. The van der Waals surface area contributed by atoms with Gasteiger partial charge in [0.2, 0.25) is 0 Å². The second-order valence-electron chi connectivity index (χ2n) is 16.4. The standard InChI is InChI=1S/C44H48O10/c1-43(2,3)33-19-29-15-25-11-23(35(45)7-9-37(47)48)13-27(39(25)51)17-31-21-34(44(4,5)6)22-32(42(31)54)18-28-14-24(36(46)8-10-38(49)50)12-26(40(28)52)16-30(20-33)41(29)53/h11-14,19-22,51-54H,7-10,15-18H2,1-6H3,(H,47,48)(H,49,50). The van der Waals surface area contributed by atoms with Gasteiger partial charge in [-0.15, -0.1) is 0 Å². The van der Waals surface area contributed by atoms with E-state index in [1.807, 2.05) is 65.8 Å². The number of hydrogen-bond acceptors (Lipinski definition) is 8. The van der Waals surface area contributed by atoms with E-state index in [2.05, 4.69) is 0 Å². The number of phenolic OH excluding ortho intramolecular Hbond substituents is 4.